The molecule has 1 atom stereocenters. The van der Waals surface area contributed by atoms with Gasteiger partial charge in [-0.3, -0.25) is 4.79 Å². The highest BCUT2D eigenvalue weighted by atomic mass is 16.6. The number of carbonyl (C=O) groups is 1. The average Bonchev–Trinajstić information content (AvgIpc) is 1.65. The maximum absolute atomic E-state index is 10.0. The summed E-state index contributed by atoms with van der Waals surface area (Å²) in [5.74, 6) is -0.449. The fraction of sp³-hybridized carbons (Fsp3) is 0.750. The van der Waals surface area contributed by atoms with Crippen LogP contribution in [0.2, 0.25) is 0 Å². The van der Waals surface area contributed by atoms with Gasteiger partial charge in [0.25, 0.3) is 0 Å². The van der Waals surface area contributed by atoms with Gasteiger partial charge in [0.15, 0.2) is 4.98 Å². The molecule has 0 rings (SSSR count). The zero-order valence-electron chi connectivity index (χ0n) is 4.79. The van der Waals surface area contributed by atoms with Crippen LogP contribution in [0.25, 0.3) is 4.98 Å². The third-order valence-electron chi connectivity index (χ3n) is 0.499. The molecule has 0 aliphatic heterocycles. The molecule has 0 saturated carbocycles. The molecule has 0 bridgehead atoms. The molecule has 44 valence electrons. The van der Waals surface area contributed by atoms with E-state index in [9.17, 15) is 4.79 Å². The molecule has 4 heteroatoms. The second kappa shape index (κ2) is 2.97. The van der Waals surface area contributed by atoms with Crippen molar-refractivity contribution in [1.29, 1.82) is 5.39 Å². The van der Waals surface area contributed by atoms with Crippen LogP contribution < -0.4 is 0 Å². The lowest BCUT2D eigenvalue weighted by molar-refractivity contribution is -0.143. The van der Waals surface area contributed by atoms with Gasteiger partial charge in [0.05, 0.1) is 6.92 Å². The summed E-state index contributed by atoms with van der Waals surface area (Å²) in [7, 11) is 0. The predicted octanol–water partition coefficient (Wildman–Crippen LogP) is 0.749. The molecule has 1 unspecified atom stereocenters. The van der Waals surface area contributed by atoms with E-state index in [1.54, 1.807) is 0 Å². The SMILES string of the molecule is CC(=O)OC(C)[N+]#N. The molecule has 0 radical (unpaired) electrons. The number of hydrogen-bond acceptors (Lipinski definition) is 3. The zero-order valence-corrected chi connectivity index (χ0v) is 4.79. The summed E-state index contributed by atoms with van der Waals surface area (Å²) in [5, 5.41) is 7.93. The van der Waals surface area contributed by atoms with E-state index in [4.69, 9.17) is 5.39 Å². The first-order valence-corrected chi connectivity index (χ1v) is 2.18. The van der Waals surface area contributed by atoms with E-state index in [-0.39, 0.29) is 0 Å². The summed E-state index contributed by atoms with van der Waals surface area (Å²) < 4.78 is 4.34. The van der Waals surface area contributed by atoms with Crippen molar-refractivity contribution in [2.45, 2.75) is 20.1 Å². The van der Waals surface area contributed by atoms with Crippen molar-refractivity contribution in [3.63, 3.8) is 0 Å². The second-order valence-corrected chi connectivity index (χ2v) is 1.32. The minimum absolute atomic E-state index is 0.449. The molecular formula is C4H7N2O2+. The van der Waals surface area contributed by atoms with Crippen LogP contribution in [0, 0.1) is 5.39 Å². The average molecular weight is 115 g/mol. The highest BCUT2D eigenvalue weighted by molar-refractivity contribution is 5.66. The number of hydrogen-bond donors (Lipinski definition) is 0. The minimum atomic E-state index is -0.743. The molecule has 0 saturated heterocycles. The molecular weight excluding hydrogens is 108 g/mol. The normalized spacial score (nSPS) is 11.6. The van der Waals surface area contributed by atoms with Gasteiger partial charge < -0.3 is 4.74 Å². The Kier molecular flexibility index (Phi) is 2.56. The molecule has 8 heavy (non-hydrogen) atoms. The van der Waals surface area contributed by atoms with Crippen LogP contribution in [-0.4, -0.2) is 12.2 Å². The topological polar surface area (TPSA) is 54.5 Å². The summed E-state index contributed by atoms with van der Waals surface area (Å²) in [4.78, 5) is 12.7. The number of nitrogens with zero attached hydrogens (tertiary/aromatic N) is 2. The summed E-state index contributed by atoms with van der Waals surface area (Å²) >= 11 is 0. The minimum Gasteiger partial charge on any atom is -0.386 e. The van der Waals surface area contributed by atoms with Crippen molar-refractivity contribution in [3.8, 4) is 0 Å². The van der Waals surface area contributed by atoms with Gasteiger partial charge in [-0.15, -0.1) is 0 Å². The van der Waals surface area contributed by atoms with E-state index in [1.807, 2.05) is 0 Å². The molecule has 0 spiro atoms. The zero-order chi connectivity index (χ0) is 6.57. The summed E-state index contributed by atoms with van der Waals surface area (Å²) in [5.41, 5.74) is 0. The Hall–Kier alpha value is -1.11. The largest absolute Gasteiger partial charge is 0.455 e. The van der Waals surface area contributed by atoms with E-state index >= 15 is 0 Å². The molecule has 0 aromatic carbocycles. The molecule has 0 fully saturated rings. The maximum atomic E-state index is 10.0. The first-order valence-electron chi connectivity index (χ1n) is 2.18. The highest BCUT2D eigenvalue weighted by Gasteiger charge is 2.12. The monoisotopic (exact) mass is 115 g/mol. The first-order chi connectivity index (χ1) is 3.66. The maximum Gasteiger partial charge on any atom is 0.455 e. The highest BCUT2D eigenvalue weighted by Crippen LogP contribution is 1.89. The van der Waals surface area contributed by atoms with E-state index in [2.05, 4.69) is 9.71 Å². The fourth-order valence-corrected chi connectivity index (χ4v) is 0.264. The fourth-order valence-electron chi connectivity index (χ4n) is 0.264. The Morgan fingerprint density at radius 3 is 2.50 bits per heavy atom. The Balaban J connectivity index is 3.43. The van der Waals surface area contributed by atoms with Crippen LogP contribution in [0.15, 0.2) is 0 Å². The first kappa shape index (κ1) is 6.89. The van der Waals surface area contributed by atoms with E-state index in [1.165, 1.54) is 13.8 Å². The Morgan fingerprint density at radius 2 is 2.38 bits per heavy atom. The van der Waals surface area contributed by atoms with Gasteiger partial charge in [0.2, 0.25) is 5.39 Å². The molecule has 0 heterocycles. The third-order valence-corrected chi connectivity index (χ3v) is 0.499. The smallest absolute Gasteiger partial charge is 0.386 e. The summed E-state index contributed by atoms with van der Waals surface area (Å²) in [6, 6.07) is 0. The quantitative estimate of drug-likeness (QED) is 0.374. The number of carbonyl (C=O) groups excluding carboxylic acids is 1. The number of rotatable bonds is 1. The number of esters is 1. The standard InChI is InChI=1S/C4H7N2O2/c1-3(6-5)8-4(2)7/h3H,1-2H3/q+1. The molecule has 0 aromatic rings. The van der Waals surface area contributed by atoms with Gasteiger partial charge in [-0.25, -0.2) is 0 Å². The van der Waals surface area contributed by atoms with Crippen molar-refractivity contribution in [2.24, 2.45) is 0 Å². The van der Waals surface area contributed by atoms with Gasteiger partial charge in [0, 0.05) is 6.92 Å². The van der Waals surface area contributed by atoms with Crippen LogP contribution in [0.1, 0.15) is 13.8 Å². The van der Waals surface area contributed by atoms with Crippen molar-refractivity contribution < 1.29 is 9.53 Å². The third kappa shape index (κ3) is 3.09. The second-order valence-electron chi connectivity index (χ2n) is 1.32. The van der Waals surface area contributed by atoms with Crippen LogP contribution >= 0.6 is 0 Å². The molecule has 0 aliphatic carbocycles. The Labute approximate surface area is 47.1 Å². The van der Waals surface area contributed by atoms with Gasteiger partial charge in [-0.05, 0) is 0 Å². The molecule has 4 nitrogen and oxygen atoms in total. The molecule has 0 aliphatic rings. The lowest BCUT2D eigenvalue weighted by atomic mass is 10.7. The van der Waals surface area contributed by atoms with Crippen LogP contribution in [0.4, 0.5) is 0 Å². The van der Waals surface area contributed by atoms with Crippen molar-refractivity contribution in [1.82, 2.24) is 0 Å². The molecule has 0 amide bonds. The Bertz CT molecular complexity index is 126. The van der Waals surface area contributed by atoms with Crippen LogP contribution in [0.5, 0.6) is 0 Å². The summed E-state index contributed by atoms with van der Waals surface area (Å²) in [6.07, 6.45) is -0.743. The molecule has 0 N–H and O–H groups in total. The van der Waals surface area contributed by atoms with Gasteiger partial charge in [-0.2, -0.15) is 0 Å². The van der Waals surface area contributed by atoms with Crippen molar-refractivity contribution in [2.75, 3.05) is 0 Å². The van der Waals surface area contributed by atoms with E-state index in [0.717, 1.165) is 0 Å². The van der Waals surface area contributed by atoms with Crippen LogP contribution in [-0.2, 0) is 9.53 Å². The van der Waals surface area contributed by atoms with Crippen LogP contribution in [0.3, 0.4) is 0 Å². The number of ether oxygens (including phenoxy) is 1. The predicted molar refractivity (Wildman–Crippen MR) is 26.3 cm³/mol. The lowest BCUT2D eigenvalue weighted by Crippen LogP contribution is -2.06. The van der Waals surface area contributed by atoms with Gasteiger partial charge >= 0.3 is 12.2 Å². The summed E-state index contributed by atoms with van der Waals surface area (Å²) in [6.45, 7) is 2.71. The lowest BCUT2D eigenvalue weighted by Gasteiger charge is -1.89. The van der Waals surface area contributed by atoms with Crippen molar-refractivity contribution in [3.05, 3.63) is 4.98 Å². The van der Waals surface area contributed by atoms with Gasteiger partial charge in [-0.1, -0.05) is 0 Å². The molecule has 0 aromatic heterocycles. The number of diazo groups is 1. The Morgan fingerprint density at radius 1 is 1.88 bits per heavy atom. The van der Waals surface area contributed by atoms with Crippen molar-refractivity contribution >= 4 is 5.97 Å². The van der Waals surface area contributed by atoms with E-state index < -0.39 is 12.2 Å². The van der Waals surface area contributed by atoms with Gasteiger partial charge in [0.1, 0.15) is 0 Å². The van der Waals surface area contributed by atoms with E-state index in [0.29, 0.717) is 0 Å².